The summed E-state index contributed by atoms with van der Waals surface area (Å²) in [6.07, 6.45) is 2.87. The van der Waals surface area contributed by atoms with Crippen LogP contribution in [0.25, 0.3) is 0 Å². The van der Waals surface area contributed by atoms with Gasteiger partial charge in [0.2, 0.25) is 5.91 Å². The van der Waals surface area contributed by atoms with Crippen molar-refractivity contribution in [2.24, 2.45) is 0 Å². The molecule has 0 aliphatic carbocycles. The second-order valence-electron chi connectivity index (χ2n) is 7.30. The van der Waals surface area contributed by atoms with Gasteiger partial charge >= 0.3 is 0 Å². The molecule has 1 aromatic heterocycles. The van der Waals surface area contributed by atoms with Gasteiger partial charge in [0, 0.05) is 50.5 Å². The number of nitrogens with one attached hydrogen (secondary N) is 1. The molecule has 0 aromatic carbocycles. The minimum Gasteiger partial charge on any atom is -0.354 e. The Labute approximate surface area is 145 Å². The molecule has 2 fully saturated rings. The number of rotatable bonds is 3. The number of likely N-dealkylation sites (N-methyl/N-ethyl adjacent to an activating group) is 1. The first-order valence-corrected chi connectivity index (χ1v) is 9.22. The lowest BCUT2D eigenvalue weighted by atomic mass is 9.85. The van der Waals surface area contributed by atoms with Gasteiger partial charge in [0.1, 0.15) is 5.54 Å². The predicted octanol–water partition coefficient (Wildman–Crippen LogP) is 1.31. The van der Waals surface area contributed by atoms with Crippen LogP contribution in [-0.4, -0.2) is 64.3 Å². The summed E-state index contributed by atoms with van der Waals surface area (Å²) < 4.78 is 2.09. The fraction of sp³-hybridized carbons (Fsp3) is 0.778. The fourth-order valence-electron chi connectivity index (χ4n) is 4.25. The van der Waals surface area contributed by atoms with E-state index in [1.807, 2.05) is 0 Å². The van der Waals surface area contributed by atoms with Gasteiger partial charge in [0.05, 0.1) is 5.69 Å². The minimum atomic E-state index is -0.301. The molecule has 1 amide bonds. The predicted molar refractivity (Wildman–Crippen MR) is 94.9 cm³/mol. The summed E-state index contributed by atoms with van der Waals surface area (Å²) in [7, 11) is 2.11. The second kappa shape index (κ2) is 6.84. The smallest absolute Gasteiger partial charge is 0.240 e. The molecule has 1 N–H and O–H groups in total. The van der Waals surface area contributed by atoms with Crippen molar-refractivity contribution >= 4 is 5.91 Å². The van der Waals surface area contributed by atoms with Crippen molar-refractivity contribution in [3.8, 4) is 0 Å². The van der Waals surface area contributed by atoms with E-state index in [0.29, 0.717) is 0 Å². The molecule has 3 heterocycles. The summed E-state index contributed by atoms with van der Waals surface area (Å²) in [5, 5.41) is 7.75. The van der Waals surface area contributed by atoms with Crippen molar-refractivity contribution in [1.29, 1.82) is 0 Å². The lowest BCUT2D eigenvalue weighted by Crippen LogP contribution is -2.60. The third kappa shape index (κ3) is 2.97. The SMILES string of the molecule is CCn1nc(C)c(CN2CCC3(CC2)C(=O)NCCCN3C)c1C. The molecule has 6 heteroatoms. The molecule has 2 aliphatic rings. The van der Waals surface area contributed by atoms with Gasteiger partial charge in [-0.15, -0.1) is 0 Å². The van der Waals surface area contributed by atoms with Crippen molar-refractivity contribution in [1.82, 2.24) is 24.9 Å². The van der Waals surface area contributed by atoms with E-state index >= 15 is 0 Å². The largest absolute Gasteiger partial charge is 0.354 e. The number of piperidine rings is 1. The van der Waals surface area contributed by atoms with Crippen LogP contribution in [-0.2, 0) is 17.9 Å². The number of carbonyl (C=O) groups excluding carboxylic acids is 1. The van der Waals surface area contributed by atoms with Crippen LogP contribution >= 0.6 is 0 Å². The van der Waals surface area contributed by atoms with Gasteiger partial charge in [-0.05, 0) is 47.1 Å². The zero-order chi connectivity index (χ0) is 17.3. The van der Waals surface area contributed by atoms with Gasteiger partial charge in [-0.1, -0.05) is 0 Å². The molecule has 134 valence electrons. The zero-order valence-corrected chi connectivity index (χ0v) is 15.6. The Kier molecular flexibility index (Phi) is 4.97. The van der Waals surface area contributed by atoms with E-state index in [2.05, 4.69) is 52.7 Å². The quantitative estimate of drug-likeness (QED) is 0.906. The van der Waals surface area contributed by atoms with Crippen molar-refractivity contribution < 1.29 is 4.79 Å². The third-order valence-electron chi connectivity index (χ3n) is 6.01. The van der Waals surface area contributed by atoms with Crippen LogP contribution in [0.1, 0.15) is 43.1 Å². The van der Waals surface area contributed by atoms with Crippen LogP contribution in [0.3, 0.4) is 0 Å². The van der Waals surface area contributed by atoms with E-state index in [1.165, 1.54) is 11.3 Å². The monoisotopic (exact) mass is 333 g/mol. The van der Waals surface area contributed by atoms with Crippen LogP contribution in [0.15, 0.2) is 0 Å². The van der Waals surface area contributed by atoms with E-state index in [9.17, 15) is 4.79 Å². The van der Waals surface area contributed by atoms with Crippen LogP contribution in [0.2, 0.25) is 0 Å². The maximum atomic E-state index is 12.6. The lowest BCUT2D eigenvalue weighted by molar-refractivity contribution is -0.134. The normalized spacial score (nSPS) is 22.6. The van der Waals surface area contributed by atoms with Crippen molar-refractivity contribution in [3.05, 3.63) is 17.0 Å². The highest BCUT2D eigenvalue weighted by molar-refractivity contribution is 5.86. The molecule has 0 radical (unpaired) electrons. The Bertz CT molecular complexity index is 601. The van der Waals surface area contributed by atoms with E-state index in [0.717, 1.165) is 64.2 Å². The molecule has 3 rings (SSSR count). The molecule has 1 aromatic rings. The molecule has 0 bridgehead atoms. The number of hydrogen-bond acceptors (Lipinski definition) is 4. The topological polar surface area (TPSA) is 53.4 Å². The van der Waals surface area contributed by atoms with E-state index < -0.39 is 0 Å². The summed E-state index contributed by atoms with van der Waals surface area (Å²) >= 11 is 0. The highest BCUT2D eigenvalue weighted by Gasteiger charge is 2.45. The molecule has 1 spiro atoms. The van der Waals surface area contributed by atoms with Crippen LogP contribution in [0, 0.1) is 13.8 Å². The first-order valence-electron chi connectivity index (χ1n) is 9.22. The first-order chi connectivity index (χ1) is 11.5. The summed E-state index contributed by atoms with van der Waals surface area (Å²) in [5.74, 6) is 0.230. The number of nitrogens with zero attached hydrogens (tertiary/aromatic N) is 4. The number of hydrogen-bond donors (Lipinski definition) is 1. The van der Waals surface area contributed by atoms with E-state index in [4.69, 9.17) is 0 Å². The van der Waals surface area contributed by atoms with Crippen molar-refractivity contribution in [2.45, 2.75) is 58.7 Å². The Hall–Kier alpha value is -1.40. The number of carbonyl (C=O) groups is 1. The number of aryl methyl sites for hydroxylation is 2. The summed E-state index contributed by atoms with van der Waals surface area (Å²) in [4.78, 5) is 17.4. The Morgan fingerprint density at radius 3 is 2.54 bits per heavy atom. The maximum absolute atomic E-state index is 12.6. The number of likely N-dealkylation sites (tertiary alicyclic amines) is 1. The zero-order valence-electron chi connectivity index (χ0n) is 15.6. The van der Waals surface area contributed by atoms with Crippen LogP contribution in [0.5, 0.6) is 0 Å². The molecule has 0 saturated carbocycles. The van der Waals surface area contributed by atoms with E-state index in [-0.39, 0.29) is 11.4 Å². The molecule has 0 atom stereocenters. The Morgan fingerprint density at radius 1 is 1.21 bits per heavy atom. The molecular formula is C18H31N5O. The molecule has 2 saturated heterocycles. The average Bonchev–Trinajstić information content (AvgIpc) is 2.78. The van der Waals surface area contributed by atoms with Gasteiger partial charge in [-0.3, -0.25) is 19.3 Å². The number of aromatic nitrogens is 2. The van der Waals surface area contributed by atoms with Crippen LogP contribution < -0.4 is 5.32 Å². The molecule has 0 unspecified atom stereocenters. The Morgan fingerprint density at radius 2 is 1.92 bits per heavy atom. The van der Waals surface area contributed by atoms with Crippen molar-refractivity contribution in [2.75, 3.05) is 33.2 Å². The van der Waals surface area contributed by atoms with Crippen LogP contribution in [0.4, 0.5) is 0 Å². The lowest BCUT2D eigenvalue weighted by Gasteiger charge is -2.45. The van der Waals surface area contributed by atoms with E-state index in [1.54, 1.807) is 0 Å². The number of amides is 1. The second-order valence-corrected chi connectivity index (χ2v) is 7.30. The highest BCUT2D eigenvalue weighted by Crippen LogP contribution is 2.31. The first kappa shape index (κ1) is 17.4. The fourth-order valence-corrected chi connectivity index (χ4v) is 4.25. The van der Waals surface area contributed by atoms with Gasteiger partial charge in [0.15, 0.2) is 0 Å². The third-order valence-corrected chi connectivity index (χ3v) is 6.01. The molecule has 2 aliphatic heterocycles. The Balaban J connectivity index is 1.69. The summed E-state index contributed by atoms with van der Waals surface area (Å²) in [5.41, 5.74) is 3.47. The maximum Gasteiger partial charge on any atom is 0.240 e. The summed E-state index contributed by atoms with van der Waals surface area (Å²) in [6, 6.07) is 0. The standard InChI is InChI=1S/C18H31N5O/c1-5-23-15(3)16(14(2)20-23)13-22-11-7-18(8-12-22)17(24)19-9-6-10-21(18)4/h5-13H2,1-4H3,(H,19,24). The van der Waals surface area contributed by atoms with Gasteiger partial charge < -0.3 is 5.32 Å². The minimum absolute atomic E-state index is 0.230. The van der Waals surface area contributed by atoms with Gasteiger partial charge in [-0.2, -0.15) is 5.10 Å². The molecule has 6 nitrogen and oxygen atoms in total. The molecular weight excluding hydrogens is 302 g/mol. The van der Waals surface area contributed by atoms with Crippen molar-refractivity contribution in [3.63, 3.8) is 0 Å². The van der Waals surface area contributed by atoms with Gasteiger partial charge in [-0.25, -0.2) is 0 Å². The average molecular weight is 333 g/mol. The van der Waals surface area contributed by atoms with Gasteiger partial charge in [0.25, 0.3) is 0 Å². The summed E-state index contributed by atoms with van der Waals surface area (Å²) in [6.45, 7) is 12.0. The highest BCUT2D eigenvalue weighted by atomic mass is 16.2. The molecule has 24 heavy (non-hydrogen) atoms.